The molecule has 1 aromatic carbocycles. The second kappa shape index (κ2) is 7.22. The summed E-state index contributed by atoms with van der Waals surface area (Å²) in [6, 6.07) is 8.87. The Morgan fingerprint density at radius 3 is 2.41 bits per heavy atom. The number of benzene rings is 1. The van der Waals surface area contributed by atoms with Gasteiger partial charge in [0, 0.05) is 17.6 Å². The molecule has 1 saturated heterocycles. The first-order valence-corrected chi connectivity index (χ1v) is 6.29. The lowest BCUT2D eigenvalue weighted by Gasteiger charge is -2.31. The average molecular weight is 275 g/mol. The van der Waals surface area contributed by atoms with Crippen molar-refractivity contribution < 1.29 is 0 Å². The van der Waals surface area contributed by atoms with Gasteiger partial charge in [-0.2, -0.15) is 0 Å². The number of halogens is 2. The minimum absolute atomic E-state index is 0. The van der Waals surface area contributed by atoms with Gasteiger partial charge in [0.15, 0.2) is 0 Å². The molecule has 0 atom stereocenters. The van der Waals surface area contributed by atoms with Gasteiger partial charge in [0.2, 0.25) is 0 Å². The van der Waals surface area contributed by atoms with Gasteiger partial charge < -0.3 is 5.32 Å². The number of hydrogen-bond donors (Lipinski definition) is 1. The highest BCUT2D eigenvalue weighted by Crippen LogP contribution is 2.15. The molecule has 0 spiro atoms. The molecule has 0 aromatic heterocycles. The zero-order valence-electron chi connectivity index (χ0n) is 10.2. The fraction of sp³-hybridized carbons (Fsp3) is 0.538. The minimum atomic E-state index is 0. The van der Waals surface area contributed by atoms with Crippen molar-refractivity contribution in [2.24, 2.45) is 0 Å². The number of piperidine rings is 1. The molecule has 1 N–H and O–H groups in total. The molecule has 96 valence electrons. The van der Waals surface area contributed by atoms with Crippen LogP contribution >= 0.6 is 24.0 Å². The average Bonchev–Trinajstić information content (AvgIpc) is 2.33. The van der Waals surface area contributed by atoms with Gasteiger partial charge in [0.25, 0.3) is 0 Å². The highest BCUT2D eigenvalue weighted by atomic mass is 35.5. The van der Waals surface area contributed by atoms with Gasteiger partial charge in [-0.3, -0.25) is 4.90 Å². The van der Waals surface area contributed by atoms with E-state index in [1.54, 1.807) is 0 Å². The zero-order chi connectivity index (χ0) is 11.4. The van der Waals surface area contributed by atoms with Gasteiger partial charge in [0.05, 0.1) is 0 Å². The van der Waals surface area contributed by atoms with E-state index in [1.165, 1.54) is 18.4 Å². The maximum absolute atomic E-state index is 5.88. The lowest BCUT2D eigenvalue weighted by Crippen LogP contribution is -2.40. The topological polar surface area (TPSA) is 15.3 Å². The van der Waals surface area contributed by atoms with E-state index in [2.05, 4.69) is 29.4 Å². The van der Waals surface area contributed by atoms with Crippen LogP contribution in [0.1, 0.15) is 18.4 Å². The molecule has 1 aliphatic heterocycles. The van der Waals surface area contributed by atoms with Gasteiger partial charge >= 0.3 is 0 Å². The Hall–Kier alpha value is -0.280. The van der Waals surface area contributed by atoms with Crippen LogP contribution in [0.15, 0.2) is 24.3 Å². The highest BCUT2D eigenvalue weighted by Gasteiger charge is 2.17. The van der Waals surface area contributed by atoms with Gasteiger partial charge in [-0.05, 0) is 50.7 Å². The van der Waals surface area contributed by atoms with E-state index in [-0.39, 0.29) is 12.4 Å². The first-order chi connectivity index (χ1) is 7.75. The summed E-state index contributed by atoms with van der Waals surface area (Å²) in [6.07, 6.45) is 2.51. The molecule has 0 amide bonds. The summed E-state index contributed by atoms with van der Waals surface area (Å²) in [5.74, 6) is 0. The van der Waals surface area contributed by atoms with E-state index in [4.69, 9.17) is 11.6 Å². The van der Waals surface area contributed by atoms with E-state index in [0.29, 0.717) is 0 Å². The van der Waals surface area contributed by atoms with Crippen molar-refractivity contribution in [2.75, 3.05) is 20.1 Å². The number of nitrogens with one attached hydrogen (secondary N) is 1. The molecule has 1 fully saturated rings. The molecule has 0 unspecified atom stereocenters. The highest BCUT2D eigenvalue weighted by molar-refractivity contribution is 6.30. The number of nitrogens with zero attached hydrogens (tertiary/aromatic N) is 1. The van der Waals surface area contributed by atoms with Gasteiger partial charge in [-0.25, -0.2) is 0 Å². The molecule has 2 nitrogen and oxygen atoms in total. The van der Waals surface area contributed by atoms with Gasteiger partial charge in [0.1, 0.15) is 0 Å². The molecule has 1 aromatic rings. The van der Waals surface area contributed by atoms with Crippen LogP contribution in [0.2, 0.25) is 5.02 Å². The van der Waals surface area contributed by atoms with Crippen molar-refractivity contribution in [3.05, 3.63) is 34.9 Å². The van der Waals surface area contributed by atoms with Crippen LogP contribution in [0.4, 0.5) is 0 Å². The van der Waals surface area contributed by atoms with Crippen molar-refractivity contribution >= 4 is 24.0 Å². The lowest BCUT2D eigenvalue weighted by molar-refractivity contribution is 0.192. The first kappa shape index (κ1) is 14.8. The molecule has 0 saturated carbocycles. The zero-order valence-corrected chi connectivity index (χ0v) is 11.7. The van der Waals surface area contributed by atoms with E-state index in [9.17, 15) is 0 Å². The van der Waals surface area contributed by atoms with Gasteiger partial charge in [-0.15, -0.1) is 12.4 Å². The van der Waals surface area contributed by atoms with Crippen molar-refractivity contribution in [3.63, 3.8) is 0 Å². The Morgan fingerprint density at radius 2 is 1.82 bits per heavy atom. The molecular formula is C13H20Cl2N2. The van der Waals surface area contributed by atoms with Crippen LogP contribution < -0.4 is 5.32 Å². The summed E-state index contributed by atoms with van der Waals surface area (Å²) in [5.41, 5.74) is 1.34. The van der Waals surface area contributed by atoms with Crippen molar-refractivity contribution in [1.82, 2.24) is 10.2 Å². The maximum Gasteiger partial charge on any atom is 0.0406 e. The standard InChI is InChI=1S/C13H19ClN2.ClH/c1-16(13-6-8-15-9-7-13)10-11-2-4-12(14)5-3-11;/h2-5,13,15H,6-10H2,1H3;1H. The second-order valence-corrected chi connectivity index (χ2v) is 4.96. The number of hydrogen-bond acceptors (Lipinski definition) is 2. The van der Waals surface area contributed by atoms with Crippen LogP contribution in [0.5, 0.6) is 0 Å². The molecule has 2 rings (SSSR count). The molecule has 0 radical (unpaired) electrons. The van der Waals surface area contributed by atoms with E-state index in [0.717, 1.165) is 30.7 Å². The molecule has 0 aliphatic carbocycles. The Bertz CT molecular complexity index is 321. The molecule has 17 heavy (non-hydrogen) atoms. The molecule has 1 aliphatic rings. The summed E-state index contributed by atoms with van der Waals surface area (Å²) >= 11 is 5.88. The first-order valence-electron chi connectivity index (χ1n) is 5.91. The van der Waals surface area contributed by atoms with E-state index >= 15 is 0 Å². The summed E-state index contributed by atoms with van der Waals surface area (Å²) in [7, 11) is 2.21. The molecule has 4 heteroatoms. The predicted octanol–water partition coefficient (Wildman–Crippen LogP) is 2.95. The van der Waals surface area contributed by atoms with Crippen molar-refractivity contribution in [2.45, 2.75) is 25.4 Å². The lowest BCUT2D eigenvalue weighted by atomic mass is 10.0. The van der Waals surface area contributed by atoms with Crippen LogP contribution in [0.25, 0.3) is 0 Å². The van der Waals surface area contributed by atoms with E-state index in [1.807, 2.05) is 12.1 Å². The number of rotatable bonds is 3. The third-order valence-electron chi connectivity index (χ3n) is 3.28. The Labute approximate surface area is 115 Å². The van der Waals surface area contributed by atoms with E-state index < -0.39 is 0 Å². The normalized spacial score (nSPS) is 16.9. The van der Waals surface area contributed by atoms with Crippen molar-refractivity contribution in [3.8, 4) is 0 Å². The van der Waals surface area contributed by atoms with Crippen LogP contribution in [0.3, 0.4) is 0 Å². The van der Waals surface area contributed by atoms with Crippen LogP contribution in [-0.2, 0) is 6.54 Å². The summed E-state index contributed by atoms with van der Waals surface area (Å²) < 4.78 is 0. The third-order valence-corrected chi connectivity index (χ3v) is 3.53. The fourth-order valence-corrected chi connectivity index (χ4v) is 2.38. The minimum Gasteiger partial charge on any atom is -0.317 e. The largest absolute Gasteiger partial charge is 0.317 e. The summed E-state index contributed by atoms with van der Waals surface area (Å²) in [4.78, 5) is 2.45. The SMILES string of the molecule is CN(Cc1ccc(Cl)cc1)C1CCNCC1.Cl. The molecular weight excluding hydrogens is 255 g/mol. The monoisotopic (exact) mass is 274 g/mol. The predicted molar refractivity (Wildman–Crippen MR) is 76.1 cm³/mol. The Balaban J connectivity index is 0.00000144. The van der Waals surface area contributed by atoms with Crippen molar-refractivity contribution in [1.29, 1.82) is 0 Å². The van der Waals surface area contributed by atoms with Crippen LogP contribution in [-0.4, -0.2) is 31.1 Å². The molecule has 0 bridgehead atoms. The maximum atomic E-state index is 5.88. The summed E-state index contributed by atoms with van der Waals surface area (Å²) in [6.45, 7) is 3.31. The second-order valence-electron chi connectivity index (χ2n) is 4.52. The quantitative estimate of drug-likeness (QED) is 0.912. The van der Waals surface area contributed by atoms with Gasteiger partial charge in [-0.1, -0.05) is 23.7 Å². The molecule has 1 heterocycles. The van der Waals surface area contributed by atoms with Crippen LogP contribution in [0, 0.1) is 0 Å². The third kappa shape index (κ3) is 4.47. The Morgan fingerprint density at radius 1 is 1.24 bits per heavy atom. The fourth-order valence-electron chi connectivity index (χ4n) is 2.25. The summed E-state index contributed by atoms with van der Waals surface area (Å²) in [5, 5.41) is 4.21. The smallest absolute Gasteiger partial charge is 0.0406 e. The Kier molecular flexibility index (Phi) is 6.28.